The average Bonchev–Trinajstić information content (AvgIpc) is 1.62. The number of allylic oxidation sites excluding steroid dienone is 1. The maximum absolute atomic E-state index is 5.94. The van der Waals surface area contributed by atoms with Crippen LogP contribution in [0, 0.1) is 0 Å². The largest absolute Gasteiger partial charge is 0.177 e. The number of hydrogen-bond acceptors (Lipinski definition) is 0. The molecule has 0 atom stereocenters. The Balaban J connectivity index is 3.82. The molecule has 3 heteroatoms. The predicted octanol–water partition coefficient (Wildman–Crippen LogP) is 2.76. The highest BCUT2D eigenvalue weighted by Crippen LogP contribution is 2.17. The first kappa shape index (κ1) is 8.54. The van der Waals surface area contributed by atoms with Crippen LogP contribution in [0.5, 0.6) is 0 Å². The molecule has 0 unspecified atom stereocenters. The van der Waals surface area contributed by atoms with Gasteiger partial charge in [-0.3, -0.25) is 0 Å². The van der Waals surface area contributed by atoms with E-state index in [1.807, 2.05) is 13.1 Å². The number of alkyl halides is 1. The third-order valence-corrected chi connectivity index (χ3v) is 4.21. The van der Waals surface area contributed by atoms with Crippen molar-refractivity contribution in [3.05, 3.63) is 11.8 Å². The zero-order chi connectivity index (χ0) is 6.78. The Morgan fingerprint density at radius 2 is 2.00 bits per heavy atom. The molecule has 0 radical (unpaired) electrons. The third kappa shape index (κ3) is 2.75. The van der Waals surface area contributed by atoms with Crippen molar-refractivity contribution in [2.24, 2.45) is 0 Å². The Morgan fingerprint density at radius 3 is 2.00 bits per heavy atom. The molecular formula is C5H10Cl2Si. The fourth-order valence-electron chi connectivity index (χ4n) is 0.159. The van der Waals surface area contributed by atoms with Gasteiger partial charge < -0.3 is 0 Å². The summed E-state index contributed by atoms with van der Waals surface area (Å²) in [6.07, 6.45) is 0. The van der Waals surface area contributed by atoms with Crippen LogP contribution in [0.25, 0.3) is 0 Å². The van der Waals surface area contributed by atoms with Gasteiger partial charge in [0.25, 0.3) is 0 Å². The minimum absolute atomic E-state index is 0.503. The molecule has 0 aliphatic heterocycles. The molecule has 0 aromatic rings. The molecule has 0 amide bonds. The molecule has 0 saturated heterocycles. The topological polar surface area (TPSA) is 0 Å². The Labute approximate surface area is 61.2 Å². The highest BCUT2D eigenvalue weighted by molar-refractivity contribution is 7.23. The standard InChI is InChI=1S/C5H10Cl2Si/c1-5(4-6)8(2,3)7/h1,4H2,2-3H3. The van der Waals surface area contributed by atoms with Crippen LogP contribution in [0.4, 0.5) is 0 Å². The molecule has 0 saturated carbocycles. The molecule has 0 rings (SSSR count). The van der Waals surface area contributed by atoms with Crippen molar-refractivity contribution in [1.82, 2.24) is 0 Å². The van der Waals surface area contributed by atoms with E-state index >= 15 is 0 Å². The van der Waals surface area contributed by atoms with Crippen LogP contribution in [-0.4, -0.2) is 13.3 Å². The summed E-state index contributed by atoms with van der Waals surface area (Å²) in [4.78, 5) is 0. The average molecular weight is 169 g/mol. The highest BCUT2D eigenvalue weighted by Gasteiger charge is 2.19. The predicted molar refractivity (Wildman–Crippen MR) is 43.2 cm³/mol. The van der Waals surface area contributed by atoms with Crippen molar-refractivity contribution in [2.45, 2.75) is 13.1 Å². The van der Waals surface area contributed by atoms with Gasteiger partial charge >= 0.3 is 0 Å². The minimum Gasteiger partial charge on any atom is -0.162 e. The molecular weight excluding hydrogens is 159 g/mol. The van der Waals surface area contributed by atoms with Crippen molar-refractivity contribution in [3.8, 4) is 0 Å². The fraction of sp³-hybridized carbons (Fsp3) is 0.600. The molecule has 0 heterocycles. The van der Waals surface area contributed by atoms with Crippen LogP contribution < -0.4 is 0 Å². The zero-order valence-corrected chi connectivity index (χ0v) is 7.68. The first-order valence-electron chi connectivity index (χ1n) is 2.41. The monoisotopic (exact) mass is 168 g/mol. The van der Waals surface area contributed by atoms with E-state index in [1.54, 1.807) is 0 Å². The van der Waals surface area contributed by atoms with Crippen LogP contribution in [0.3, 0.4) is 0 Å². The van der Waals surface area contributed by atoms with Crippen LogP contribution in [0.15, 0.2) is 11.8 Å². The Morgan fingerprint density at radius 1 is 1.62 bits per heavy atom. The van der Waals surface area contributed by atoms with Crippen molar-refractivity contribution >= 4 is 30.1 Å². The van der Waals surface area contributed by atoms with Gasteiger partial charge in [-0.05, 0) is 0 Å². The van der Waals surface area contributed by atoms with Crippen LogP contribution >= 0.6 is 22.7 Å². The van der Waals surface area contributed by atoms with Crippen molar-refractivity contribution in [1.29, 1.82) is 0 Å². The van der Waals surface area contributed by atoms with Crippen LogP contribution in [-0.2, 0) is 0 Å². The first-order chi connectivity index (χ1) is 3.48. The second kappa shape index (κ2) is 2.90. The SMILES string of the molecule is C=C(CCl)[Si](C)(C)Cl. The van der Waals surface area contributed by atoms with E-state index in [9.17, 15) is 0 Å². The van der Waals surface area contributed by atoms with Gasteiger partial charge in [-0.25, -0.2) is 0 Å². The normalized spacial score (nSPS) is 11.5. The van der Waals surface area contributed by atoms with Gasteiger partial charge in [-0.2, -0.15) is 11.1 Å². The van der Waals surface area contributed by atoms with E-state index in [0.29, 0.717) is 5.88 Å². The van der Waals surface area contributed by atoms with Gasteiger partial charge in [0, 0.05) is 5.88 Å². The second-order valence-corrected chi connectivity index (χ2v) is 8.96. The van der Waals surface area contributed by atoms with Crippen LogP contribution in [0.2, 0.25) is 13.1 Å². The van der Waals surface area contributed by atoms with Crippen molar-refractivity contribution in [3.63, 3.8) is 0 Å². The Bertz CT molecular complexity index is 93.1. The molecule has 0 N–H and O–H groups in total. The van der Waals surface area contributed by atoms with E-state index in [-0.39, 0.29) is 0 Å². The van der Waals surface area contributed by atoms with Crippen LogP contribution in [0.1, 0.15) is 0 Å². The first-order valence-corrected chi connectivity index (χ1v) is 6.96. The minimum atomic E-state index is -1.61. The van der Waals surface area contributed by atoms with E-state index in [2.05, 4.69) is 6.58 Å². The maximum Gasteiger partial charge on any atom is 0.177 e. The maximum atomic E-state index is 5.94. The summed E-state index contributed by atoms with van der Waals surface area (Å²) in [7, 11) is -1.61. The zero-order valence-electron chi connectivity index (χ0n) is 5.17. The fourth-order valence-corrected chi connectivity index (χ4v) is 1.88. The lowest BCUT2D eigenvalue weighted by atomic mass is 10.7. The van der Waals surface area contributed by atoms with E-state index < -0.39 is 7.38 Å². The van der Waals surface area contributed by atoms with Gasteiger partial charge in [-0.15, -0.1) is 18.2 Å². The third-order valence-electron chi connectivity index (χ3n) is 1.00. The molecule has 0 aliphatic carbocycles. The Hall–Kier alpha value is 0.537. The van der Waals surface area contributed by atoms with E-state index in [0.717, 1.165) is 5.20 Å². The second-order valence-electron chi connectivity index (χ2n) is 2.21. The summed E-state index contributed by atoms with van der Waals surface area (Å²) < 4.78 is 0. The molecule has 0 fully saturated rings. The van der Waals surface area contributed by atoms with E-state index in [1.165, 1.54) is 0 Å². The summed E-state index contributed by atoms with van der Waals surface area (Å²) in [6, 6.07) is 0. The molecule has 0 spiro atoms. The molecule has 8 heavy (non-hydrogen) atoms. The highest BCUT2D eigenvalue weighted by atomic mass is 35.6. The summed E-state index contributed by atoms with van der Waals surface area (Å²) in [5.41, 5.74) is 0. The molecule has 48 valence electrons. The molecule has 0 bridgehead atoms. The van der Waals surface area contributed by atoms with Gasteiger partial charge in [-0.1, -0.05) is 18.3 Å². The Kier molecular flexibility index (Phi) is 3.10. The summed E-state index contributed by atoms with van der Waals surface area (Å²) in [5.74, 6) is 0.503. The summed E-state index contributed by atoms with van der Waals surface area (Å²) in [6.45, 7) is 7.77. The molecule has 0 aliphatic rings. The van der Waals surface area contributed by atoms with E-state index in [4.69, 9.17) is 22.7 Å². The summed E-state index contributed by atoms with van der Waals surface area (Å²) in [5, 5.41) is 1.00. The lowest BCUT2D eigenvalue weighted by molar-refractivity contribution is 1.63. The quantitative estimate of drug-likeness (QED) is 0.338. The van der Waals surface area contributed by atoms with Gasteiger partial charge in [0.1, 0.15) is 0 Å². The summed E-state index contributed by atoms with van der Waals surface area (Å²) >= 11 is 11.4. The number of rotatable bonds is 2. The lowest BCUT2D eigenvalue weighted by Crippen LogP contribution is -2.20. The molecule has 0 aromatic heterocycles. The van der Waals surface area contributed by atoms with Gasteiger partial charge in [0.2, 0.25) is 0 Å². The molecule has 0 nitrogen and oxygen atoms in total. The lowest BCUT2D eigenvalue weighted by Gasteiger charge is -2.12. The molecule has 0 aromatic carbocycles. The van der Waals surface area contributed by atoms with Crippen molar-refractivity contribution in [2.75, 3.05) is 5.88 Å². The van der Waals surface area contributed by atoms with Gasteiger partial charge in [0.05, 0.1) is 0 Å². The number of hydrogen-bond donors (Lipinski definition) is 0. The van der Waals surface area contributed by atoms with Crippen molar-refractivity contribution < 1.29 is 0 Å². The number of halogens is 2. The van der Waals surface area contributed by atoms with Gasteiger partial charge in [0.15, 0.2) is 7.38 Å². The smallest absolute Gasteiger partial charge is 0.162 e.